The van der Waals surface area contributed by atoms with Crippen molar-refractivity contribution in [2.75, 3.05) is 7.11 Å². The molecule has 0 saturated heterocycles. The molecule has 4 heteroatoms. The largest absolute Gasteiger partial charge is 0.508 e. The van der Waals surface area contributed by atoms with Crippen LogP contribution >= 0.6 is 0 Å². The van der Waals surface area contributed by atoms with Crippen LogP contribution in [0, 0.1) is 0 Å². The highest BCUT2D eigenvalue weighted by Crippen LogP contribution is 2.31. The van der Waals surface area contributed by atoms with Crippen molar-refractivity contribution in [2.24, 2.45) is 0 Å². The molecule has 4 nitrogen and oxygen atoms in total. The minimum absolute atomic E-state index is 0.0873. The molecule has 0 atom stereocenters. The molecular formula is C20H20O4. The molecule has 0 aliphatic carbocycles. The van der Waals surface area contributed by atoms with Crippen LogP contribution in [-0.2, 0) is 6.42 Å². The van der Waals surface area contributed by atoms with Gasteiger partial charge in [-0.05, 0) is 48.2 Å². The number of methoxy groups -OCH3 is 1. The summed E-state index contributed by atoms with van der Waals surface area (Å²) < 4.78 is 10.6. The predicted octanol–water partition coefficient (Wildman–Crippen LogP) is 4.52. The summed E-state index contributed by atoms with van der Waals surface area (Å²) in [7, 11) is 1.61. The molecule has 1 heterocycles. The van der Waals surface area contributed by atoms with E-state index in [4.69, 9.17) is 9.15 Å². The molecule has 0 aliphatic heterocycles. The summed E-state index contributed by atoms with van der Waals surface area (Å²) in [6, 6.07) is 12.3. The fraction of sp³-hybridized carbons (Fsp3) is 0.250. The monoisotopic (exact) mass is 324 g/mol. The number of unbranched alkanes of at least 4 members (excludes halogenated alkanes) is 1. The summed E-state index contributed by atoms with van der Waals surface area (Å²) in [5, 5.41) is 10.5. The Labute approximate surface area is 140 Å². The van der Waals surface area contributed by atoms with Gasteiger partial charge < -0.3 is 14.3 Å². The molecule has 1 N–H and O–H groups in total. The molecule has 1 aromatic heterocycles. The van der Waals surface area contributed by atoms with Crippen LogP contribution in [0.1, 0.15) is 25.3 Å². The Morgan fingerprint density at radius 3 is 2.54 bits per heavy atom. The Morgan fingerprint density at radius 1 is 1.12 bits per heavy atom. The summed E-state index contributed by atoms with van der Waals surface area (Å²) in [4.78, 5) is 12.6. The maximum absolute atomic E-state index is 12.6. The van der Waals surface area contributed by atoms with E-state index in [1.807, 2.05) is 30.3 Å². The van der Waals surface area contributed by atoms with E-state index in [0.29, 0.717) is 11.1 Å². The highest BCUT2D eigenvalue weighted by Gasteiger charge is 2.16. The first-order chi connectivity index (χ1) is 11.6. The van der Waals surface area contributed by atoms with Crippen molar-refractivity contribution in [3.05, 3.63) is 58.4 Å². The predicted molar refractivity (Wildman–Crippen MR) is 94.7 cm³/mol. The maximum Gasteiger partial charge on any atom is 0.344 e. The summed E-state index contributed by atoms with van der Waals surface area (Å²) in [5.74, 6) is 0.827. The number of phenolic OH excluding ortho intramolecular Hbond substituents is 1. The Bertz CT molecular complexity index is 907. The number of hydrogen-bond donors (Lipinski definition) is 1. The van der Waals surface area contributed by atoms with E-state index in [1.54, 1.807) is 13.2 Å². The van der Waals surface area contributed by atoms with E-state index in [9.17, 15) is 9.90 Å². The smallest absolute Gasteiger partial charge is 0.344 e. The van der Waals surface area contributed by atoms with Crippen LogP contribution in [0.15, 0.2) is 51.7 Å². The number of ether oxygens (including phenoxy) is 1. The lowest BCUT2D eigenvalue weighted by Crippen LogP contribution is -2.08. The van der Waals surface area contributed by atoms with Crippen molar-refractivity contribution in [1.29, 1.82) is 0 Å². The standard InChI is InChI=1S/C20H20O4/c1-3-4-5-17-16-11-8-14(21)12-18(16)24-20(22)19(17)13-6-9-15(23-2)10-7-13/h6-12,21H,3-5H2,1-2H3. The van der Waals surface area contributed by atoms with Crippen molar-refractivity contribution in [2.45, 2.75) is 26.2 Å². The third-order valence-corrected chi connectivity index (χ3v) is 4.16. The van der Waals surface area contributed by atoms with Gasteiger partial charge in [0, 0.05) is 11.5 Å². The van der Waals surface area contributed by atoms with Crippen molar-refractivity contribution in [3.63, 3.8) is 0 Å². The number of benzene rings is 2. The molecule has 124 valence electrons. The molecule has 0 fully saturated rings. The van der Waals surface area contributed by atoms with E-state index in [0.717, 1.165) is 41.5 Å². The third kappa shape index (κ3) is 3.00. The molecule has 0 unspecified atom stereocenters. The van der Waals surface area contributed by atoms with Crippen LogP contribution < -0.4 is 10.4 Å². The number of rotatable bonds is 5. The minimum atomic E-state index is -0.385. The molecule has 2 aromatic carbocycles. The van der Waals surface area contributed by atoms with Gasteiger partial charge in [0.15, 0.2) is 0 Å². The number of aryl methyl sites for hydroxylation is 1. The van der Waals surface area contributed by atoms with Gasteiger partial charge in [-0.3, -0.25) is 0 Å². The number of aromatic hydroxyl groups is 1. The summed E-state index contributed by atoms with van der Waals surface area (Å²) >= 11 is 0. The summed E-state index contributed by atoms with van der Waals surface area (Å²) in [5.41, 5.74) is 2.40. The average Bonchev–Trinajstić information content (AvgIpc) is 2.59. The van der Waals surface area contributed by atoms with Gasteiger partial charge in [0.1, 0.15) is 17.1 Å². The molecule has 0 spiro atoms. The molecule has 0 bridgehead atoms. The van der Waals surface area contributed by atoms with Crippen LogP contribution in [0.5, 0.6) is 11.5 Å². The second kappa shape index (κ2) is 6.79. The Kier molecular flexibility index (Phi) is 4.56. The molecule has 0 saturated carbocycles. The van der Waals surface area contributed by atoms with Gasteiger partial charge >= 0.3 is 5.63 Å². The molecule has 3 rings (SSSR count). The number of phenols is 1. The van der Waals surface area contributed by atoms with Gasteiger partial charge in [0.2, 0.25) is 0 Å². The molecule has 24 heavy (non-hydrogen) atoms. The Morgan fingerprint density at radius 2 is 1.88 bits per heavy atom. The Hall–Kier alpha value is -2.75. The van der Waals surface area contributed by atoms with Crippen molar-refractivity contribution >= 4 is 11.0 Å². The lowest BCUT2D eigenvalue weighted by atomic mass is 9.94. The SMILES string of the molecule is CCCCc1c(-c2ccc(OC)cc2)c(=O)oc2cc(O)ccc12. The van der Waals surface area contributed by atoms with Crippen molar-refractivity contribution in [3.8, 4) is 22.6 Å². The zero-order chi connectivity index (χ0) is 17.1. The van der Waals surface area contributed by atoms with Crippen LogP contribution in [0.4, 0.5) is 0 Å². The van der Waals surface area contributed by atoms with E-state index in [-0.39, 0.29) is 11.4 Å². The van der Waals surface area contributed by atoms with Crippen LogP contribution in [-0.4, -0.2) is 12.2 Å². The molecule has 0 aliphatic rings. The van der Waals surface area contributed by atoms with Gasteiger partial charge in [0.25, 0.3) is 0 Å². The van der Waals surface area contributed by atoms with Gasteiger partial charge in [-0.25, -0.2) is 4.79 Å². The maximum atomic E-state index is 12.6. The summed E-state index contributed by atoms with van der Waals surface area (Å²) in [6.07, 6.45) is 2.79. The molecular weight excluding hydrogens is 304 g/mol. The second-order valence-corrected chi connectivity index (χ2v) is 5.76. The van der Waals surface area contributed by atoms with Gasteiger partial charge in [-0.2, -0.15) is 0 Å². The first kappa shape index (κ1) is 16.1. The number of fused-ring (bicyclic) bond motifs is 1. The topological polar surface area (TPSA) is 59.7 Å². The highest BCUT2D eigenvalue weighted by atomic mass is 16.5. The lowest BCUT2D eigenvalue weighted by Gasteiger charge is -2.12. The van der Waals surface area contributed by atoms with E-state index >= 15 is 0 Å². The van der Waals surface area contributed by atoms with Crippen LogP contribution in [0.2, 0.25) is 0 Å². The van der Waals surface area contributed by atoms with Gasteiger partial charge in [-0.1, -0.05) is 25.5 Å². The van der Waals surface area contributed by atoms with Crippen molar-refractivity contribution < 1.29 is 14.3 Å². The van der Waals surface area contributed by atoms with Gasteiger partial charge in [-0.15, -0.1) is 0 Å². The summed E-state index contributed by atoms with van der Waals surface area (Å²) in [6.45, 7) is 2.12. The molecule has 0 radical (unpaired) electrons. The van der Waals surface area contributed by atoms with E-state index < -0.39 is 0 Å². The fourth-order valence-corrected chi connectivity index (χ4v) is 2.92. The van der Waals surface area contributed by atoms with Crippen LogP contribution in [0.3, 0.4) is 0 Å². The molecule has 3 aromatic rings. The van der Waals surface area contributed by atoms with E-state index in [2.05, 4.69) is 6.92 Å². The zero-order valence-electron chi connectivity index (χ0n) is 13.8. The number of hydrogen-bond acceptors (Lipinski definition) is 4. The first-order valence-corrected chi connectivity index (χ1v) is 8.07. The quantitative estimate of drug-likeness (QED) is 0.701. The minimum Gasteiger partial charge on any atom is -0.508 e. The molecule has 0 amide bonds. The van der Waals surface area contributed by atoms with Crippen molar-refractivity contribution in [1.82, 2.24) is 0 Å². The normalized spacial score (nSPS) is 10.9. The van der Waals surface area contributed by atoms with Gasteiger partial charge in [0.05, 0.1) is 12.7 Å². The fourth-order valence-electron chi connectivity index (χ4n) is 2.92. The lowest BCUT2D eigenvalue weighted by molar-refractivity contribution is 0.415. The zero-order valence-corrected chi connectivity index (χ0v) is 13.8. The highest BCUT2D eigenvalue weighted by molar-refractivity contribution is 5.87. The second-order valence-electron chi connectivity index (χ2n) is 5.76. The van der Waals surface area contributed by atoms with Crippen LogP contribution in [0.25, 0.3) is 22.1 Å². The average molecular weight is 324 g/mol. The van der Waals surface area contributed by atoms with E-state index in [1.165, 1.54) is 6.07 Å². The Balaban J connectivity index is 2.26. The first-order valence-electron chi connectivity index (χ1n) is 8.07. The third-order valence-electron chi connectivity index (χ3n) is 4.16.